The van der Waals surface area contributed by atoms with Crippen LogP contribution < -0.4 is 5.69 Å². The standard InChI is InChI=1S/C5H2FN3O2.5H2O/c6-3-1-7-5(11)9-4(3)8-2-10;;;;;/h1H,(H,7,9,11);5*1H2. The number of halogens is 1. The highest BCUT2D eigenvalue weighted by Crippen LogP contribution is 2.07. The van der Waals surface area contributed by atoms with Crippen LogP contribution in [0.4, 0.5) is 10.2 Å². The fourth-order valence-electron chi connectivity index (χ4n) is 0.493. The third-order valence-corrected chi connectivity index (χ3v) is 0.895. The van der Waals surface area contributed by atoms with Crippen LogP contribution in [0.15, 0.2) is 16.0 Å². The molecule has 0 unspecified atom stereocenters. The van der Waals surface area contributed by atoms with E-state index in [9.17, 15) is 14.0 Å². The minimum Gasteiger partial charge on any atom is -0.412 e. The van der Waals surface area contributed by atoms with Gasteiger partial charge in [-0.25, -0.2) is 14.0 Å². The first-order chi connectivity index (χ1) is 5.24. The smallest absolute Gasteiger partial charge is 0.347 e. The van der Waals surface area contributed by atoms with Crippen LogP contribution in [-0.2, 0) is 4.79 Å². The molecule has 0 aliphatic rings. The summed E-state index contributed by atoms with van der Waals surface area (Å²) in [7, 11) is 0. The van der Waals surface area contributed by atoms with Crippen molar-refractivity contribution in [3.05, 3.63) is 22.5 Å². The highest BCUT2D eigenvalue weighted by molar-refractivity contribution is 5.43. The van der Waals surface area contributed by atoms with Crippen molar-refractivity contribution in [3.8, 4) is 0 Å². The predicted molar refractivity (Wildman–Crippen MR) is 50.7 cm³/mol. The molecule has 0 radical (unpaired) electrons. The van der Waals surface area contributed by atoms with Crippen LogP contribution >= 0.6 is 0 Å². The SMILES string of the molecule is O.O.O.O.O.O=C=Nc1nc(=O)[nH]cc1F. The monoisotopic (exact) mass is 245 g/mol. The van der Waals surface area contributed by atoms with Gasteiger partial charge in [0.05, 0.1) is 0 Å². The molecule has 11 N–H and O–H groups in total. The molecule has 0 bridgehead atoms. The Labute approximate surface area is 87.0 Å². The quantitative estimate of drug-likeness (QED) is 0.382. The van der Waals surface area contributed by atoms with Gasteiger partial charge >= 0.3 is 5.69 Å². The molecule has 16 heavy (non-hydrogen) atoms. The molecule has 0 atom stereocenters. The molecule has 96 valence electrons. The molecule has 0 fully saturated rings. The van der Waals surface area contributed by atoms with Gasteiger partial charge in [-0.15, -0.1) is 4.99 Å². The summed E-state index contributed by atoms with van der Waals surface area (Å²) in [6.45, 7) is 0. The number of H-pyrrole nitrogens is 1. The summed E-state index contributed by atoms with van der Waals surface area (Å²) >= 11 is 0. The molecule has 0 saturated carbocycles. The molecule has 0 aliphatic carbocycles. The topological polar surface area (TPSA) is 233 Å². The van der Waals surface area contributed by atoms with E-state index in [-0.39, 0.29) is 27.4 Å². The van der Waals surface area contributed by atoms with Gasteiger partial charge in [-0.2, -0.15) is 4.98 Å². The van der Waals surface area contributed by atoms with Gasteiger partial charge in [0.25, 0.3) is 0 Å². The summed E-state index contributed by atoms with van der Waals surface area (Å²) in [5, 5.41) is 0. The molecule has 0 saturated heterocycles. The third-order valence-electron chi connectivity index (χ3n) is 0.895. The molecule has 0 aliphatic heterocycles. The van der Waals surface area contributed by atoms with Crippen LogP contribution in [0.5, 0.6) is 0 Å². The number of nitrogens with one attached hydrogen (secondary N) is 1. The number of carbonyl (C=O) groups excluding carboxylic acids is 1. The van der Waals surface area contributed by atoms with Crippen molar-refractivity contribution in [2.75, 3.05) is 0 Å². The number of aromatic nitrogens is 2. The van der Waals surface area contributed by atoms with E-state index in [0.29, 0.717) is 0 Å². The third kappa shape index (κ3) is 7.40. The van der Waals surface area contributed by atoms with Crippen molar-refractivity contribution in [1.82, 2.24) is 9.97 Å². The number of aromatic amines is 1. The first-order valence-electron chi connectivity index (χ1n) is 2.57. The lowest BCUT2D eigenvalue weighted by Crippen LogP contribution is -2.09. The highest BCUT2D eigenvalue weighted by atomic mass is 19.1. The molecule has 10 nitrogen and oxygen atoms in total. The van der Waals surface area contributed by atoms with Gasteiger partial charge in [0, 0.05) is 6.20 Å². The highest BCUT2D eigenvalue weighted by Gasteiger charge is 2.00. The van der Waals surface area contributed by atoms with Gasteiger partial charge in [0.15, 0.2) is 5.82 Å². The second-order valence-electron chi connectivity index (χ2n) is 1.58. The number of nitrogens with zero attached hydrogens (tertiary/aromatic N) is 2. The minimum absolute atomic E-state index is 0. The Morgan fingerprint density at radius 1 is 1.25 bits per heavy atom. The molecular formula is C5H12FN3O7. The van der Waals surface area contributed by atoms with Gasteiger partial charge in [-0.05, 0) is 0 Å². The van der Waals surface area contributed by atoms with Crippen LogP contribution in [0.3, 0.4) is 0 Å². The van der Waals surface area contributed by atoms with E-state index in [1.165, 1.54) is 0 Å². The molecular weight excluding hydrogens is 233 g/mol. The first-order valence-corrected chi connectivity index (χ1v) is 2.57. The average molecular weight is 245 g/mol. The first kappa shape index (κ1) is 29.2. The summed E-state index contributed by atoms with van der Waals surface area (Å²) in [6.07, 6.45) is 1.84. The molecule has 0 amide bonds. The Bertz CT molecular complexity index is 375. The van der Waals surface area contributed by atoms with Crippen molar-refractivity contribution in [3.63, 3.8) is 0 Å². The summed E-state index contributed by atoms with van der Waals surface area (Å²) in [6, 6.07) is 0. The number of isocyanates is 1. The summed E-state index contributed by atoms with van der Waals surface area (Å²) < 4.78 is 12.5. The van der Waals surface area contributed by atoms with Gasteiger partial charge in [-0.1, -0.05) is 0 Å². The van der Waals surface area contributed by atoms with E-state index < -0.39 is 17.3 Å². The second kappa shape index (κ2) is 13.0. The zero-order chi connectivity index (χ0) is 8.27. The van der Waals surface area contributed by atoms with E-state index in [1.807, 2.05) is 4.98 Å². The molecule has 1 heterocycles. The Morgan fingerprint density at radius 3 is 2.19 bits per heavy atom. The van der Waals surface area contributed by atoms with Crippen molar-refractivity contribution in [1.29, 1.82) is 0 Å². The number of rotatable bonds is 1. The largest absolute Gasteiger partial charge is 0.412 e. The fourth-order valence-corrected chi connectivity index (χ4v) is 0.493. The summed E-state index contributed by atoms with van der Waals surface area (Å²) in [5.41, 5.74) is -0.764. The Morgan fingerprint density at radius 2 is 1.75 bits per heavy atom. The molecule has 1 aromatic rings. The van der Waals surface area contributed by atoms with E-state index >= 15 is 0 Å². The molecule has 1 rings (SSSR count). The number of hydrogen-bond donors (Lipinski definition) is 1. The zero-order valence-corrected chi connectivity index (χ0v) is 7.67. The van der Waals surface area contributed by atoms with Crippen LogP contribution in [0, 0.1) is 5.82 Å². The Balaban J connectivity index is -0.0000000807. The predicted octanol–water partition coefficient (Wildman–Crippen LogP) is -4.25. The normalized spacial score (nSPS) is 6.06. The van der Waals surface area contributed by atoms with E-state index in [4.69, 9.17) is 0 Å². The van der Waals surface area contributed by atoms with Crippen molar-refractivity contribution in [2.45, 2.75) is 0 Å². The second-order valence-corrected chi connectivity index (χ2v) is 1.58. The maximum absolute atomic E-state index is 12.5. The lowest BCUT2D eigenvalue weighted by molar-refractivity contribution is 0.563. The van der Waals surface area contributed by atoms with Crippen LogP contribution in [-0.4, -0.2) is 43.4 Å². The Hall–Kier alpha value is -2.01. The maximum atomic E-state index is 12.5. The molecule has 0 spiro atoms. The average Bonchev–Trinajstić information content (AvgIpc) is 1.98. The lowest BCUT2D eigenvalue weighted by Gasteiger charge is -1.88. The molecule has 0 aromatic carbocycles. The molecule has 1 aromatic heterocycles. The maximum Gasteiger partial charge on any atom is 0.347 e. The van der Waals surface area contributed by atoms with Gasteiger partial charge < -0.3 is 32.4 Å². The zero-order valence-electron chi connectivity index (χ0n) is 7.67. The Kier molecular flexibility index (Phi) is 23.7. The summed E-state index contributed by atoms with van der Waals surface area (Å²) in [5.74, 6) is -1.42. The molecule has 11 heteroatoms. The van der Waals surface area contributed by atoms with Gasteiger partial charge in [0.2, 0.25) is 11.9 Å². The van der Waals surface area contributed by atoms with E-state index in [1.54, 1.807) is 0 Å². The van der Waals surface area contributed by atoms with Crippen LogP contribution in [0.2, 0.25) is 0 Å². The number of aliphatic imine (C=N–C) groups is 1. The van der Waals surface area contributed by atoms with Gasteiger partial charge in [-0.3, -0.25) is 0 Å². The van der Waals surface area contributed by atoms with Crippen molar-refractivity contribution < 1.29 is 36.6 Å². The van der Waals surface area contributed by atoms with Gasteiger partial charge in [0.1, 0.15) is 0 Å². The fraction of sp³-hybridized carbons (Fsp3) is 0. The van der Waals surface area contributed by atoms with Crippen LogP contribution in [0.1, 0.15) is 0 Å². The summed E-state index contributed by atoms with van der Waals surface area (Å²) in [4.78, 5) is 27.9. The van der Waals surface area contributed by atoms with Crippen LogP contribution in [0.25, 0.3) is 0 Å². The minimum atomic E-state index is -0.868. The van der Waals surface area contributed by atoms with Crippen molar-refractivity contribution >= 4 is 11.9 Å². The van der Waals surface area contributed by atoms with Crippen molar-refractivity contribution in [2.24, 2.45) is 4.99 Å². The van der Waals surface area contributed by atoms with E-state index in [2.05, 4.69) is 9.98 Å². The number of hydrogen-bond acceptors (Lipinski definition) is 4. The van der Waals surface area contributed by atoms with E-state index in [0.717, 1.165) is 12.3 Å². The lowest BCUT2D eigenvalue weighted by atomic mass is 10.6.